The molecule has 0 saturated heterocycles. The van der Waals surface area contributed by atoms with Crippen LogP contribution < -0.4 is 0 Å². The second kappa shape index (κ2) is 12.3. The van der Waals surface area contributed by atoms with Gasteiger partial charge in [-0.3, -0.25) is 0 Å². The van der Waals surface area contributed by atoms with Gasteiger partial charge in [0.2, 0.25) is 0 Å². The van der Waals surface area contributed by atoms with E-state index in [0.29, 0.717) is 0 Å². The molecule has 0 aliphatic rings. The average Bonchev–Trinajstić information content (AvgIpc) is 4.04. The van der Waals surface area contributed by atoms with Gasteiger partial charge in [0.15, 0.2) is 0 Å². The van der Waals surface area contributed by atoms with Crippen LogP contribution in [0.3, 0.4) is 0 Å². The number of thiophene rings is 2. The average molecular weight is 773 g/mol. The zero-order valence-corrected chi connectivity index (χ0v) is 32.8. The largest absolute Gasteiger partial charge is 0.309 e. The quantitative estimate of drug-likeness (QED) is 0.169. The van der Waals surface area contributed by atoms with Crippen LogP contribution in [-0.4, -0.2) is 9.13 Å². The van der Waals surface area contributed by atoms with Gasteiger partial charge >= 0.3 is 0 Å². The van der Waals surface area contributed by atoms with Gasteiger partial charge < -0.3 is 9.13 Å². The molecule has 0 aliphatic heterocycles. The lowest BCUT2D eigenvalue weighted by Gasteiger charge is -2.13. The Balaban J connectivity index is 1.04. The van der Waals surface area contributed by atoms with E-state index in [0.717, 1.165) is 0 Å². The van der Waals surface area contributed by atoms with Gasteiger partial charge in [0.05, 0.1) is 22.1 Å². The molecule has 0 saturated carbocycles. The lowest BCUT2D eigenvalue weighted by atomic mass is 10.00. The molecule has 0 N–H and O–H groups in total. The molecule has 4 heterocycles. The van der Waals surface area contributed by atoms with Gasteiger partial charge in [0.1, 0.15) is 0 Å². The molecular formula is C54H32N2S2. The smallest absolute Gasteiger partial charge is 0.0619 e. The molecule has 0 radical (unpaired) electrons. The first-order valence-electron chi connectivity index (χ1n) is 19.8. The fourth-order valence-electron chi connectivity index (χ4n) is 9.56. The third-order valence-corrected chi connectivity index (χ3v) is 14.5. The van der Waals surface area contributed by atoms with Crippen LogP contribution >= 0.6 is 22.7 Å². The molecule has 0 amide bonds. The molecule has 13 rings (SSSR count). The summed E-state index contributed by atoms with van der Waals surface area (Å²) in [7, 11) is 0. The Hall–Kier alpha value is -6.98. The van der Waals surface area contributed by atoms with Crippen molar-refractivity contribution in [2.45, 2.75) is 0 Å². The highest BCUT2D eigenvalue weighted by Crippen LogP contribution is 2.45. The highest BCUT2D eigenvalue weighted by Gasteiger charge is 2.20. The molecule has 0 bridgehead atoms. The van der Waals surface area contributed by atoms with Crippen molar-refractivity contribution in [1.82, 2.24) is 9.13 Å². The monoisotopic (exact) mass is 772 g/mol. The normalized spacial score (nSPS) is 12.1. The SMILES string of the molecule is c1ccc(-c2ccc3c(c2)c2ccccc2n3-c2ccc3sc4ccc(-n5c6ccccc6c6cccc(-c7cccc8c7sc7ccccc78)c65)cc4c3c2)cc1. The Kier molecular flexibility index (Phi) is 6.79. The fraction of sp³-hybridized carbons (Fsp3) is 0. The summed E-state index contributed by atoms with van der Waals surface area (Å²) in [6.07, 6.45) is 0. The van der Waals surface area contributed by atoms with Crippen LogP contribution in [0.15, 0.2) is 194 Å². The molecule has 13 aromatic rings. The second-order valence-electron chi connectivity index (χ2n) is 15.2. The topological polar surface area (TPSA) is 9.86 Å². The zero-order chi connectivity index (χ0) is 37.9. The molecular weight excluding hydrogens is 741 g/mol. The number of nitrogens with zero attached hydrogens (tertiary/aromatic N) is 2. The van der Waals surface area contributed by atoms with Crippen LogP contribution in [0.1, 0.15) is 0 Å². The molecule has 2 nitrogen and oxygen atoms in total. The van der Waals surface area contributed by atoms with Crippen molar-refractivity contribution in [3.63, 3.8) is 0 Å². The molecule has 9 aromatic carbocycles. The van der Waals surface area contributed by atoms with Crippen LogP contribution in [0.25, 0.3) is 118 Å². The van der Waals surface area contributed by atoms with E-state index in [9.17, 15) is 0 Å². The minimum absolute atomic E-state index is 1.17. The first kappa shape index (κ1) is 32.1. The first-order chi connectivity index (χ1) is 28.8. The van der Waals surface area contributed by atoms with Crippen molar-refractivity contribution in [2.75, 3.05) is 0 Å². The highest BCUT2D eigenvalue weighted by atomic mass is 32.1. The van der Waals surface area contributed by atoms with Gasteiger partial charge in [0.25, 0.3) is 0 Å². The van der Waals surface area contributed by atoms with E-state index in [-0.39, 0.29) is 0 Å². The number of para-hydroxylation sites is 3. The number of benzene rings is 9. The molecule has 0 atom stereocenters. The molecule has 270 valence electrons. The Morgan fingerprint density at radius 2 is 0.862 bits per heavy atom. The predicted octanol–water partition coefficient (Wildman–Crippen LogP) is 16.0. The van der Waals surface area contributed by atoms with Crippen molar-refractivity contribution in [2.24, 2.45) is 0 Å². The van der Waals surface area contributed by atoms with Crippen LogP contribution in [0, 0.1) is 0 Å². The number of hydrogen-bond donors (Lipinski definition) is 0. The van der Waals surface area contributed by atoms with Gasteiger partial charge in [-0.25, -0.2) is 0 Å². The summed E-state index contributed by atoms with van der Waals surface area (Å²) in [6, 6.07) is 71.9. The highest BCUT2D eigenvalue weighted by molar-refractivity contribution is 7.26. The summed E-state index contributed by atoms with van der Waals surface area (Å²) in [5.41, 5.74) is 12.2. The van der Waals surface area contributed by atoms with E-state index in [1.165, 1.54) is 118 Å². The van der Waals surface area contributed by atoms with Gasteiger partial charge in [-0.2, -0.15) is 0 Å². The van der Waals surface area contributed by atoms with Crippen LogP contribution in [0.2, 0.25) is 0 Å². The van der Waals surface area contributed by atoms with E-state index < -0.39 is 0 Å². The van der Waals surface area contributed by atoms with E-state index in [4.69, 9.17) is 0 Å². The van der Waals surface area contributed by atoms with Gasteiger partial charge in [-0.1, -0.05) is 127 Å². The summed E-state index contributed by atoms with van der Waals surface area (Å²) < 4.78 is 10.2. The number of hydrogen-bond acceptors (Lipinski definition) is 2. The maximum Gasteiger partial charge on any atom is 0.0619 e. The van der Waals surface area contributed by atoms with E-state index in [2.05, 4.69) is 203 Å². The molecule has 58 heavy (non-hydrogen) atoms. The van der Waals surface area contributed by atoms with Gasteiger partial charge in [-0.05, 0) is 77.9 Å². The predicted molar refractivity (Wildman–Crippen MR) is 252 cm³/mol. The summed E-state index contributed by atoms with van der Waals surface area (Å²) >= 11 is 3.77. The molecule has 0 unspecified atom stereocenters. The van der Waals surface area contributed by atoms with Crippen molar-refractivity contribution < 1.29 is 0 Å². The summed E-state index contributed by atoms with van der Waals surface area (Å²) in [5.74, 6) is 0. The Labute approximate surface area is 341 Å². The van der Waals surface area contributed by atoms with E-state index >= 15 is 0 Å². The second-order valence-corrected chi connectivity index (χ2v) is 17.4. The minimum atomic E-state index is 1.17. The van der Waals surface area contributed by atoms with Crippen molar-refractivity contribution in [3.05, 3.63) is 194 Å². The standard InChI is InChI=1S/C54H32N2S2/c1-2-12-33(13-3-1)34-24-27-49-44(30-34)38-15-5-7-21-47(38)55(49)35-25-28-51-45(31-35)46-32-36(26-29-52(46)57-51)56-48-22-8-4-14-37(48)40-17-10-18-41(53(40)56)43-20-11-19-42-39-16-6-9-23-50(39)58-54(42)43/h1-32H. The Bertz CT molecular complexity index is 3800. The van der Waals surface area contributed by atoms with Gasteiger partial charge in [0, 0.05) is 84.4 Å². The molecule has 4 aromatic heterocycles. The molecule has 4 heteroatoms. The Morgan fingerprint density at radius 1 is 0.293 bits per heavy atom. The maximum absolute atomic E-state index is 2.51. The van der Waals surface area contributed by atoms with Crippen LogP contribution in [-0.2, 0) is 0 Å². The third kappa shape index (κ3) is 4.58. The van der Waals surface area contributed by atoms with Crippen molar-refractivity contribution in [1.29, 1.82) is 0 Å². The summed E-state index contributed by atoms with van der Waals surface area (Å²) in [5, 5.41) is 10.3. The first-order valence-corrected chi connectivity index (χ1v) is 21.4. The van der Waals surface area contributed by atoms with Gasteiger partial charge in [-0.15, -0.1) is 22.7 Å². The van der Waals surface area contributed by atoms with Crippen molar-refractivity contribution in [3.8, 4) is 33.6 Å². The zero-order valence-electron chi connectivity index (χ0n) is 31.2. The lowest BCUT2D eigenvalue weighted by molar-refractivity contribution is 1.18. The minimum Gasteiger partial charge on any atom is -0.309 e. The third-order valence-electron chi connectivity index (χ3n) is 12.1. The van der Waals surface area contributed by atoms with E-state index in [1.54, 1.807) is 0 Å². The number of aromatic nitrogens is 2. The molecule has 0 spiro atoms. The van der Waals surface area contributed by atoms with Crippen LogP contribution in [0.5, 0.6) is 0 Å². The molecule has 0 aliphatic carbocycles. The number of rotatable bonds is 4. The Morgan fingerprint density at radius 3 is 1.64 bits per heavy atom. The van der Waals surface area contributed by atoms with E-state index in [1.807, 2.05) is 22.7 Å². The summed E-state index contributed by atoms with van der Waals surface area (Å²) in [6.45, 7) is 0. The lowest BCUT2D eigenvalue weighted by Crippen LogP contribution is -1.95. The molecule has 0 fully saturated rings. The number of fused-ring (bicyclic) bond motifs is 12. The summed E-state index contributed by atoms with van der Waals surface area (Å²) in [4.78, 5) is 0. The van der Waals surface area contributed by atoms with Crippen LogP contribution in [0.4, 0.5) is 0 Å². The van der Waals surface area contributed by atoms with Crippen molar-refractivity contribution >= 4 is 107 Å². The maximum atomic E-state index is 2.51. The fourth-order valence-corrected chi connectivity index (χ4v) is 11.9.